The van der Waals surface area contributed by atoms with E-state index in [1.54, 1.807) is 6.07 Å². The molecule has 0 atom stereocenters. The van der Waals surface area contributed by atoms with E-state index in [0.717, 1.165) is 0 Å². The summed E-state index contributed by atoms with van der Waals surface area (Å²) in [4.78, 5) is 10.4. The monoisotopic (exact) mass is 261 g/mol. The zero-order chi connectivity index (χ0) is 11.4. The fourth-order valence-electron chi connectivity index (χ4n) is 0.845. The summed E-state index contributed by atoms with van der Waals surface area (Å²) in [5, 5.41) is 1.12. The largest absolute Gasteiger partial charge is 0.369 e. The minimum atomic E-state index is -0.487. The van der Waals surface area contributed by atoms with Gasteiger partial charge in [0, 0.05) is 5.56 Å². The van der Waals surface area contributed by atoms with Crippen molar-refractivity contribution in [1.29, 1.82) is 0 Å². The van der Waals surface area contributed by atoms with Crippen LogP contribution in [0.2, 0.25) is 15.1 Å². The number of halogens is 3. The average Bonchev–Trinajstić information content (AvgIpc) is 2.13. The highest BCUT2D eigenvalue weighted by molar-refractivity contribution is 6.43. The molecule has 2 nitrogen and oxygen atoms in total. The minimum absolute atomic E-state index is 0.0173. The minimum Gasteiger partial charge on any atom is -0.369 e. The summed E-state index contributed by atoms with van der Waals surface area (Å²) in [5.74, 6) is 4.78. The lowest BCUT2D eigenvalue weighted by Gasteiger charge is -1.99. The first-order chi connectivity index (χ1) is 7.00. The first-order valence-electron chi connectivity index (χ1n) is 3.92. The Labute approximate surface area is 102 Å². The zero-order valence-corrected chi connectivity index (χ0v) is 9.75. The molecule has 0 aliphatic carbocycles. The summed E-state index contributed by atoms with van der Waals surface area (Å²) in [6.45, 7) is 0. The van der Waals surface area contributed by atoms with Crippen LogP contribution in [-0.2, 0) is 4.79 Å². The molecule has 0 bridgehead atoms. The maximum atomic E-state index is 10.4. The van der Waals surface area contributed by atoms with Gasteiger partial charge >= 0.3 is 0 Å². The van der Waals surface area contributed by atoms with Gasteiger partial charge in [0.05, 0.1) is 21.5 Å². The van der Waals surface area contributed by atoms with Crippen LogP contribution >= 0.6 is 34.8 Å². The molecule has 0 saturated heterocycles. The van der Waals surface area contributed by atoms with Gasteiger partial charge in [-0.15, -0.1) is 0 Å². The summed E-state index contributed by atoms with van der Waals surface area (Å²) >= 11 is 17.4. The van der Waals surface area contributed by atoms with Crippen molar-refractivity contribution in [1.82, 2.24) is 0 Å². The van der Waals surface area contributed by atoms with E-state index in [2.05, 4.69) is 11.8 Å². The smallest absolute Gasteiger partial charge is 0.229 e. The van der Waals surface area contributed by atoms with E-state index < -0.39 is 5.91 Å². The van der Waals surface area contributed by atoms with Gasteiger partial charge < -0.3 is 5.73 Å². The van der Waals surface area contributed by atoms with Crippen molar-refractivity contribution in [3.8, 4) is 11.8 Å². The fourth-order valence-corrected chi connectivity index (χ4v) is 1.44. The molecule has 0 saturated carbocycles. The van der Waals surface area contributed by atoms with Crippen molar-refractivity contribution in [3.63, 3.8) is 0 Å². The van der Waals surface area contributed by atoms with E-state index in [4.69, 9.17) is 40.5 Å². The molecule has 0 aliphatic heterocycles. The molecule has 2 N–H and O–H groups in total. The molecule has 0 aliphatic rings. The molecular formula is C10H6Cl3NO. The van der Waals surface area contributed by atoms with Gasteiger partial charge in [0.1, 0.15) is 0 Å². The lowest BCUT2D eigenvalue weighted by Crippen LogP contribution is -2.08. The number of benzene rings is 1. The number of amides is 1. The number of primary amides is 1. The molecule has 78 valence electrons. The van der Waals surface area contributed by atoms with Gasteiger partial charge in [-0.2, -0.15) is 0 Å². The highest BCUT2D eigenvalue weighted by Gasteiger charge is 2.03. The standard InChI is InChI=1S/C10H6Cl3NO/c11-7-5-9(13)8(12)4-6(7)2-1-3-10(14)15/h4-5H,3H2,(H2,14,15). The third-order valence-corrected chi connectivity index (χ3v) is 2.53. The maximum Gasteiger partial charge on any atom is 0.229 e. The number of rotatable bonds is 1. The first-order valence-corrected chi connectivity index (χ1v) is 5.06. The van der Waals surface area contributed by atoms with Crippen molar-refractivity contribution < 1.29 is 4.79 Å². The summed E-state index contributed by atoms with van der Waals surface area (Å²) in [5.41, 5.74) is 5.45. The van der Waals surface area contributed by atoms with E-state index >= 15 is 0 Å². The molecule has 0 spiro atoms. The van der Waals surface area contributed by atoms with Gasteiger partial charge in [-0.1, -0.05) is 46.6 Å². The zero-order valence-electron chi connectivity index (χ0n) is 7.48. The Morgan fingerprint density at radius 1 is 1.20 bits per heavy atom. The number of hydrogen-bond acceptors (Lipinski definition) is 1. The molecule has 0 fully saturated rings. The Hall–Kier alpha value is -0.880. The van der Waals surface area contributed by atoms with E-state index in [1.165, 1.54) is 6.07 Å². The van der Waals surface area contributed by atoms with Crippen LogP contribution in [-0.4, -0.2) is 5.91 Å². The fraction of sp³-hybridized carbons (Fsp3) is 0.100. The number of carbonyl (C=O) groups excluding carboxylic acids is 1. The second kappa shape index (κ2) is 5.27. The van der Waals surface area contributed by atoms with Gasteiger partial charge in [0.25, 0.3) is 0 Å². The van der Waals surface area contributed by atoms with Crippen LogP contribution in [0.1, 0.15) is 12.0 Å². The Balaban J connectivity index is 2.98. The molecular weight excluding hydrogens is 256 g/mol. The summed E-state index contributed by atoms with van der Waals surface area (Å²) in [6, 6.07) is 3.04. The molecule has 1 rings (SSSR count). The Bertz CT molecular complexity index is 460. The Morgan fingerprint density at radius 2 is 1.80 bits per heavy atom. The molecule has 5 heteroatoms. The second-order valence-electron chi connectivity index (χ2n) is 2.69. The van der Waals surface area contributed by atoms with Crippen LogP contribution in [0.15, 0.2) is 12.1 Å². The van der Waals surface area contributed by atoms with Gasteiger partial charge in [-0.25, -0.2) is 0 Å². The van der Waals surface area contributed by atoms with Crippen LogP contribution in [0.3, 0.4) is 0 Å². The van der Waals surface area contributed by atoms with Crippen LogP contribution in [0.5, 0.6) is 0 Å². The lowest BCUT2D eigenvalue weighted by molar-refractivity contribution is -0.117. The van der Waals surface area contributed by atoms with Crippen molar-refractivity contribution in [2.24, 2.45) is 5.73 Å². The first kappa shape index (κ1) is 12.2. The molecule has 0 heterocycles. The predicted molar refractivity (Wildman–Crippen MR) is 62.2 cm³/mol. The van der Waals surface area contributed by atoms with E-state index in [9.17, 15) is 4.79 Å². The van der Waals surface area contributed by atoms with Gasteiger partial charge in [-0.3, -0.25) is 4.79 Å². The van der Waals surface area contributed by atoms with Crippen LogP contribution in [0.25, 0.3) is 0 Å². The third-order valence-electron chi connectivity index (χ3n) is 1.50. The van der Waals surface area contributed by atoms with Crippen molar-refractivity contribution in [2.75, 3.05) is 0 Å². The van der Waals surface area contributed by atoms with Crippen molar-refractivity contribution in [2.45, 2.75) is 6.42 Å². The number of hydrogen-bond donors (Lipinski definition) is 1. The van der Waals surface area contributed by atoms with Gasteiger partial charge in [0.15, 0.2) is 0 Å². The molecule has 0 unspecified atom stereocenters. The summed E-state index contributed by atoms with van der Waals surface area (Å²) < 4.78 is 0. The van der Waals surface area contributed by atoms with Gasteiger partial charge in [-0.05, 0) is 12.1 Å². The average molecular weight is 263 g/mol. The molecule has 0 aromatic heterocycles. The normalized spacial score (nSPS) is 9.27. The molecule has 1 aromatic carbocycles. The van der Waals surface area contributed by atoms with E-state index in [0.29, 0.717) is 20.6 Å². The summed E-state index contributed by atoms with van der Waals surface area (Å²) in [7, 11) is 0. The van der Waals surface area contributed by atoms with Crippen molar-refractivity contribution in [3.05, 3.63) is 32.8 Å². The number of carbonyl (C=O) groups is 1. The van der Waals surface area contributed by atoms with E-state index in [-0.39, 0.29) is 6.42 Å². The quantitative estimate of drug-likeness (QED) is 0.614. The molecule has 0 radical (unpaired) electrons. The molecule has 1 amide bonds. The number of nitrogens with two attached hydrogens (primary N) is 1. The Morgan fingerprint density at radius 3 is 2.40 bits per heavy atom. The molecule has 1 aromatic rings. The van der Waals surface area contributed by atoms with E-state index in [1.807, 2.05) is 0 Å². The lowest BCUT2D eigenvalue weighted by atomic mass is 10.2. The second-order valence-corrected chi connectivity index (χ2v) is 3.91. The predicted octanol–water partition coefficient (Wildman–Crippen LogP) is 2.87. The van der Waals surface area contributed by atoms with Gasteiger partial charge in [0.2, 0.25) is 5.91 Å². The maximum absolute atomic E-state index is 10.4. The van der Waals surface area contributed by atoms with Crippen LogP contribution in [0.4, 0.5) is 0 Å². The highest BCUT2D eigenvalue weighted by atomic mass is 35.5. The van der Waals surface area contributed by atoms with Crippen molar-refractivity contribution >= 4 is 40.7 Å². The SMILES string of the molecule is NC(=O)CC#Cc1cc(Cl)c(Cl)cc1Cl. The topological polar surface area (TPSA) is 43.1 Å². The molecule has 15 heavy (non-hydrogen) atoms. The third kappa shape index (κ3) is 3.64. The van der Waals surface area contributed by atoms with Crippen LogP contribution < -0.4 is 5.73 Å². The van der Waals surface area contributed by atoms with Crippen LogP contribution in [0, 0.1) is 11.8 Å². The Kier molecular flexibility index (Phi) is 4.28. The highest BCUT2D eigenvalue weighted by Crippen LogP contribution is 2.28. The summed E-state index contributed by atoms with van der Waals surface area (Å²) in [6.07, 6.45) is -0.0173.